The Hall–Kier alpha value is -2.08. The molecule has 2 aliphatic rings. The van der Waals surface area contributed by atoms with Crippen LogP contribution in [-0.4, -0.2) is 29.6 Å². The fraction of sp³-hybridized carbons (Fsp3) is 0.417. The number of amides is 1. The summed E-state index contributed by atoms with van der Waals surface area (Å²) in [5, 5.41) is 10.5. The van der Waals surface area contributed by atoms with Crippen molar-refractivity contribution in [2.75, 3.05) is 11.4 Å². The van der Waals surface area contributed by atoms with E-state index in [1.165, 1.54) is 6.42 Å². The SMILES string of the molecule is O=C(O)CC1OC(c2ccccc2Cl)c2cc(Cl)ccc2N(CC2CCCCC2)C1=O. The first-order chi connectivity index (χ1) is 14.9. The van der Waals surface area contributed by atoms with E-state index in [4.69, 9.17) is 27.9 Å². The number of rotatable bonds is 5. The lowest BCUT2D eigenvalue weighted by atomic mass is 9.88. The summed E-state index contributed by atoms with van der Waals surface area (Å²) in [6, 6.07) is 12.6. The predicted octanol–water partition coefficient (Wildman–Crippen LogP) is 5.87. The molecule has 2 aromatic rings. The van der Waals surface area contributed by atoms with Crippen LogP contribution >= 0.6 is 23.2 Å². The highest BCUT2D eigenvalue weighted by atomic mass is 35.5. The van der Waals surface area contributed by atoms with E-state index < -0.39 is 24.6 Å². The first-order valence-electron chi connectivity index (χ1n) is 10.7. The standard InChI is InChI=1S/C24H25Cl2NO4/c25-16-10-11-20-18(12-16)23(17-8-4-5-9-19(17)26)31-21(13-22(28)29)24(30)27(20)14-15-6-2-1-3-7-15/h4-5,8-12,15,21,23H,1-3,6-7,13-14H2,(H,28,29). The van der Waals surface area contributed by atoms with E-state index in [0.717, 1.165) is 31.2 Å². The normalized spacial score (nSPS) is 22.1. The topological polar surface area (TPSA) is 66.8 Å². The molecule has 1 fully saturated rings. The minimum atomic E-state index is -1.12. The number of anilines is 1. The number of ether oxygens (including phenoxy) is 1. The van der Waals surface area contributed by atoms with Crippen LogP contribution in [0, 0.1) is 5.92 Å². The van der Waals surface area contributed by atoms with Gasteiger partial charge < -0.3 is 14.7 Å². The summed E-state index contributed by atoms with van der Waals surface area (Å²) in [5.41, 5.74) is 2.10. The molecule has 1 heterocycles. The summed E-state index contributed by atoms with van der Waals surface area (Å²) < 4.78 is 6.19. The molecule has 0 saturated heterocycles. The third-order valence-corrected chi connectivity index (χ3v) is 6.70. The Balaban J connectivity index is 1.82. The number of fused-ring (bicyclic) bond motifs is 1. The van der Waals surface area contributed by atoms with Gasteiger partial charge in [0.25, 0.3) is 5.91 Å². The highest BCUT2D eigenvalue weighted by molar-refractivity contribution is 6.31. The van der Waals surface area contributed by atoms with Crippen LogP contribution in [0.5, 0.6) is 0 Å². The lowest BCUT2D eigenvalue weighted by Crippen LogP contribution is -2.43. The Morgan fingerprint density at radius 3 is 2.52 bits per heavy atom. The number of nitrogens with zero attached hydrogens (tertiary/aromatic N) is 1. The number of carbonyl (C=O) groups excluding carboxylic acids is 1. The molecular weight excluding hydrogens is 437 g/mol. The predicted molar refractivity (Wildman–Crippen MR) is 121 cm³/mol. The monoisotopic (exact) mass is 461 g/mol. The van der Waals surface area contributed by atoms with E-state index in [-0.39, 0.29) is 5.91 Å². The maximum absolute atomic E-state index is 13.5. The summed E-state index contributed by atoms with van der Waals surface area (Å²) in [4.78, 5) is 26.8. The maximum Gasteiger partial charge on any atom is 0.306 e. The number of aliphatic carboxylic acids is 1. The van der Waals surface area contributed by atoms with Crippen molar-refractivity contribution in [3.05, 3.63) is 63.6 Å². The van der Waals surface area contributed by atoms with E-state index >= 15 is 0 Å². The number of hydrogen-bond donors (Lipinski definition) is 1. The van der Waals surface area contributed by atoms with E-state index in [2.05, 4.69) is 0 Å². The zero-order valence-electron chi connectivity index (χ0n) is 17.1. The fourth-order valence-corrected chi connectivity index (χ4v) is 5.02. The van der Waals surface area contributed by atoms with Gasteiger partial charge in [-0.05, 0) is 43.0 Å². The fourth-order valence-electron chi connectivity index (χ4n) is 4.61. The molecule has 0 spiro atoms. The van der Waals surface area contributed by atoms with Gasteiger partial charge in [-0.15, -0.1) is 0 Å². The van der Waals surface area contributed by atoms with Gasteiger partial charge in [0.2, 0.25) is 0 Å². The Morgan fingerprint density at radius 2 is 1.81 bits per heavy atom. The maximum atomic E-state index is 13.5. The van der Waals surface area contributed by atoms with Crippen molar-refractivity contribution < 1.29 is 19.4 Å². The second-order valence-corrected chi connectivity index (χ2v) is 9.12. The number of benzene rings is 2. The summed E-state index contributed by atoms with van der Waals surface area (Å²) in [6.45, 7) is 0.544. The molecule has 0 bridgehead atoms. The molecule has 0 aromatic heterocycles. The number of halogens is 2. The van der Waals surface area contributed by atoms with Crippen molar-refractivity contribution in [1.29, 1.82) is 0 Å². The number of carboxylic acids is 1. The number of carbonyl (C=O) groups is 2. The van der Waals surface area contributed by atoms with Crippen LogP contribution in [0.4, 0.5) is 5.69 Å². The van der Waals surface area contributed by atoms with Crippen LogP contribution in [0.15, 0.2) is 42.5 Å². The number of hydrogen-bond acceptors (Lipinski definition) is 3. The second kappa shape index (κ2) is 9.60. The minimum absolute atomic E-state index is 0.328. The van der Waals surface area contributed by atoms with Crippen LogP contribution in [0.1, 0.15) is 55.8 Å². The minimum Gasteiger partial charge on any atom is -0.481 e. The first-order valence-corrected chi connectivity index (χ1v) is 11.4. The van der Waals surface area contributed by atoms with Gasteiger partial charge in [0.1, 0.15) is 12.2 Å². The van der Waals surface area contributed by atoms with E-state index in [9.17, 15) is 14.7 Å². The molecule has 4 rings (SSSR count). The van der Waals surface area contributed by atoms with Crippen LogP contribution in [0.3, 0.4) is 0 Å². The molecule has 2 aromatic carbocycles. The molecular formula is C24H25Cl2NO4. The van der Waals surface area contributed by atoms with Crippen molar-refractivity contribution in [2.45, 2.75) is 50.7 Å². The van der Waals surface area contributed by atoms with E-state index in [1.54, 1.807) is 23.1 Å². The molecule has 2 unspecified atom stereocenters. The largest absolute Gasteiger partial charge is 0.481 e. The van der Waals surface area contributed by atoms with Crippen LogP contribution in [-0.2, 0) is 14.3 Å². The highest BCUT2D eigenvalue weighted by Gasteiger charge is 2.39. The third kappa shape index (κ3) is 4.89. The zero-order valence-corrected chi connectivity index (χ0v) is 18.6. The van der Waals surface area contributed by atoms with Crippen molar-refractivity contribution in [3.8, 4) is 0 Å². The Bertz CT molecular complexity index is 974. The Labute approximate surface area is 191 Å². The molecule has 0 radical (unpaired) electrons. The summed E-state index contributed by atoms with van der Waals surface area (Å²) in [5.74, 6) is -1.03. The lowest BCUT2D eigenvalue weighted by Gasteiger charge is -2.31. The highest BCUT2D eigenvalue weighted by Crippen LogP contribution is 2.42. The molecule has 164 valence electrons. The third-order valence-electron chi connectivity index (χ3n) is 6.12. The lowest BCUT2D eigenvalue weighted by molar-refractivity contribution is -0.147. The van der Waals surface area contributed by atoms with Crippen LogP contribution < -0.4 is 4.90 Å². The van der Waals surface area contributed by atoms with Crippen molar-refractivity contribution in [2.24, 2.45) is 5.92 Å². The Morgan fingerprint density at radius 1 is 1.06 bits per heavy atom. The van der Waals surface area contributed by atoms with Gasteiger partial charge in [0.05, 0.1) is 6.42 Å². The molecule has 2 atom stereocenters. The van der Waals surface area contributed by atoms with Gasteiger partial charge in [-0.1, -0.05) is 60.7 Å². The molecule has 31 heavy (non-hydrogen) atoms. The van der Waals surface area contributed by atoms with E-state index in [1.807, 2.05) is 24.3 Å². The summed E-state index contributed by atoms with van der Waals surface area (Å²) in [7, 11) is 0. The average Bonchev–Trinajstić information content (AvgIpc) is 2.85. The molecule has 1 N–H and O–H groups in total. The molecule has 5 nitrogen and oxygen atoms in total. The quantitative estimate of drug-likeness (QED) is 0.604. The van der Waals surface area contributed by atoms with Gasteiger partial charge in [0.15, 0.2) is 0 Å². The molecule has 1 aliphatic heterocycles. The van der Waals surface area contributed by atoms with Gasteiger partial charge in [-0.3, -0.25) is 9.59 Å². The van der Waals surface area contributed by atoms with E-state index in [0.29, 0.717) is 33.8 Å². The Kier molecular flexibility index (Phi) is 6.85. The molecule has 1 saturated carbocycles. The van der Waals surface area contributed by atoms with Crippen LogP contribution in [0.25, 0.3) is 0 Å². The summed E-state index contributed by atoms with van der Waals surface area (Å²) >= 11 is 12.8. The van der Waals surface area contributed by atoms with Crippen molar-refractivity contribution in [3.63, 3.8) is 0 Å². The van der Waals surface area contributed by atoms with Crippen molar-refractivity contribution in [1.82, 2.24) is 0 Å². The second-order valence-electron chi connectivity index (χ2n) is 8.28. The molecule has 7 heteroatoms. The van der Waals surface area contributed by atoms with Crippen LogP contribution in [0.2, 0.25) is 10.0 Å². The van der Waals surface area contributed by atoms with Gasteiger partial charge >= 0.3 is 5.97 Å². The number of carboxylic acid groups (broad SMARTS) is 1. The van der Waals surface area contributed by atoms with Gasteiger partial charge in [-0.25, -0.2) is 0 Å². The first kappa shape index (κ1) is 22.1. The molecule has 1 aliphatic carbocycles. The smallest absolute Gasteiger partial charge is 0.306 e. The summed E-state index contributed by atoms with van der Waals surface area (Å²) in [6.07, 6.45) is 3.41. The van der Waals surface area contributed by atoms with Gasteiger partial charge in [0, 0.05) is 33.4 Å². The van der Waals surface area contributed by atoms with Crippen molar-refractivity contribution >= 4 is 40.8 Å². The zero-order chi connectivity index (χ0) is 22.0. The average molecular weight is 462 g/mol. The van der Waals surface area contributed by atoms with Gasteiger partial charge in [-0.2, -0.15) is 0 Å². The molecule has 1 amide bonds.